The van der Waals surface area contributed by atoms with Gasteiger partial charge in [-0.3, -0.25) is 10.1 Å². The van der Waals surface area contributed by atoms with Crippen molar-refractivity contribution in [3.8, 4) is 0 Å². The van der Waals surface area contributed by atoms with Crippen LogP contribution in [0.1, 0.15) is 18.9 Å². The highest BCUT2D eigenvalue weighted by Gasteiger charge is 2.23. The van der Waals surface area contributed by atoms with Gasteiger partial charge in [0.15, 0.2) is 0 Å². The topological polar surface area (TPSA) is 55.2 Å². The molecule has 1 aromatic carbocycles. The van der Waals surface area contributed by atoms with Gasteiger partial charge in [-0.05, 0) is 35.3 Å². The van der Waals surface area contributed by atoms with Crippen molar-refractivity contribution in [2.45, 2.75) is 31.6 Å². The Bertz CT molecular complexity index is 481. The van der Waals surface area contributed by atoms with E-state index in [1.165, 1.54) is 0 Å². The average molecular weight is 331 g/mol. The molecule has 0 saturated carbocycles. The second-order valence-corrected chi connectivity index (χ2v) is 6.92. The Morgan fingerprint density at radius 3 is 2.83 bits per heavy atom. The Balaban J connectivity index is 2.22. The zero-order valence-corrected chi connectivity index (χ0v) is 12.7. The van der Waals surface area contributed by atoms with Gasteiger partial charge in [0.05, 0.1) is 10.6 Å². The minimum atomic E-state index is -0.334. The molecule has 1 saturated heterocycles. The first-order valence-electron chi connectivity index (χ1n) is 5.80. The molecule has 98 valence electrons. The minimum absolute atomic E-state index is 0.166. The molecule has 0 aromatic heterocycles. The number of aryl methyl sites for hydroxylation is 1. The second kappa shape index (κ2) is 5.48. The van der Waals surface area contributed by atoms with E-state index in [9.17, 15) is 10.1 Å². The molecule has 1 aliphatic rings. The van der Waals surface area contributed by atoms with Crippen LogP contribution in [0.5, 0.6) is 0 Å². The lowest BCUT2D eigenvalue weighted by atomic mass is 10.1. The fourth-order valence-electron chi connectivity index (χ4n) is 2.11. The van der Waals surface area contributed by atoms with Gasteiger partial charge in [0.2, 0.25) is 0 Å². The molecule has 0 radical (unpaired) electrons. The molecule has 2 unspecified atom stereocenters. The van der Waals surface area contributed by atoms with Crippen LogP contribution < -0.4 is 5.32 Å². The SMILES string of the molecule is Cc1cc(Br)c(NC2CSC(C)C2)cc1[N+](=O)[O-]. The Labute approximate surface area is 119 Å². The van der Waals surface area contributed by atoms with Crippen molar-refractivity contribution in [2.24, 2.45) is 0 Å². The van der Waals surface area contributed by atoms with E-state index in [2.05, 4.69) is 28.2 Å². The highest BCUT2D eigenvalue weighted by atomic mass is 79.9. The molecule has 1 heterocycles. The highest BCUT2D eigenvalue weighted by molar-refractivity contribution is 9.10. The van der Waals surface area contributed by atoms with Gasteiger partial charge < -0.3 is 5.32 Å². The lowest BCUT2D eigenvalue weighted by molar-refractivity contribution is -0.385. The van der Waals surface area contributed by atoms with Crippen LogP contribution in [-0.4, -0.2) is 22.0 Å². The first kappa shape index (κ1) is 13.7. The molecule has 1 aliphatic heterocycles. The normalized spacial score (nSPS) is 23.1. The van der Waals surface area contributed by atoms with E-state index in [-0.39, 0.29) is 10.6 Å². The van der Waals surface area contributed by atoms with Crippen LogP contribution in [0.3, 0.4) is 0 Å². The molecule has 0 spiro atoms. The Kier molecular flexibility index (Phi) is 4.17. The Morgan fingerprint density at radius 2 is 2.28 bits per heavy atom. The highest BCUT2D eigenvalue weighted by Crippen LogP contribution is 2.34. The zero-order valence-electron chi connectivity index (χ0n) is 10.3. The van der Waals surface area contributed by atoms with Crippen molar-refractivity contribution >= 4 is 39.1 Å². The predicted octanol–water partition coefficient (Wildman–Crippen LogP) is 3.97. The van der Waals surface area contributed by atoms with Gasteiger partial charge in [0, 0.05) is 33.1 Å². The lowest BCUT2D eigenvalue weighted by Gasteiger charge is -2.15. The van der Waals surface area contributed by atoms with Gasteiger partial charge >= 0.3 is 0 Å². The average Bonchev–Trinajstić information content (AvgIpc) is 2.67. The monoisotopic (exact) mass is 330 g/mol. The number of rotatable bonds is 3. The van der Waals surface area contributed by atoms with Crippen molar-refractivity contribution < 1.29 is 4.92 Å². The number of halogens is 1. The summed E-state index contributed by atoms with van der Waals surface area (Å²) in [6.07, 6.45) is 1.10. The van der Waals surface area contributed by atoms with Crippen molar-refractivity contribution in [2.75, 3.05) is 11.1 Å². The van der Waals surface area contributed by atoms with Crippen molar-refractivity contribution in [1.82, 2.24) is 0 Å². The van der Waals surface area contributed by atoms with Crippen LogP contribution in [0.2, 0.25) is 0 Å². The lowest BCUT2D eigenvalue weighted by Crippen LogP contribution is -2.19. The number of nitro benzene ring substituents is 1. The van der Waals surface area contributed by atoms with Gasteiger partial charge in [0.1, 0.15) is 0 Å². The van der Waals surface area contributed by atoms with Crippen molar-refractivity contribution in [3.05, 3.63) is 32.3 Å². The summed E-state index contributed by atoms with van der Waals surface area (Å²) in [4.78, 5) is 10.6. The fraction of sp³-hybridized carbons (Fsp3) is 0.500. The first-order chi connectivity index (χ1) is 8.47. The quantitative estimate of drug-likeness (QED) is 0.672. The smallest absolute Gasteiger partial charge is 0.274 e. The molecule has 1 fully saturated rings. The van der Waals surface area contributed by atoms with E-state index < -0.39 is 0 Å². The zero-order chi connectivity index (χ0) is 13.3. The molecule has 0 aliphatic carbocycles. The number of thioether (sulfide) groups is 1. The Morgan fingerprint density at radius 1 is 1.56 bits per heavy atom. The number of nitrogens with one attached hydrogen (secondary N) is 1. The van der Waals surface area contributed by atoms with Crippen molar-refractivity contribution in [3.63, 3.8) is 0 Å². The van der Waals surface area contributed by atoms with Gasteiger partial charge in [0.25, 0.3) is 5.69 Å². The fourth-order valence-corrected chi connectivity index (χ4v) is 3.83. The van der Waals surface area contributed by atoms with Crippen LogP contribution in [0, 0.1) is 17.0 Å². The molecule has 0 bridgehead atoms. The molecule has 1 aromatic rings. The van der Waals surface area contributed by atoms with E-state index in [4.69, 9.17) is 0 Å². The van der Waals surface area contributed by atoms with Gasteiger partial charge in [-0.1, -0.05) is 6.92 Å². The van der Waals surface area contributed by atoms with E-state index >= 15 is 0 Å². The number of anilines is 1. The second-order valence-electron chi connectivity index (χ2n) is 4.60. The maximum absolute atomic E-state index is 10.9. The van der Waals surface area contributed by atoms with Crippen LogP contribution in [-0.2, 0) is 0 Å². The third kappa shape index (κ3) is 2.98. The molecule has 1 N–H and O–H groups in total. The third-order valence-electron chi connectivity index (χ3n) is 3.04. The summed E-state index contributed by atoms with van der Waals surface area (Å²) >= 11 is 5.39. The number of benzene rings is 1. The summed E-state index contributed by atoms with van der Waals surface area (Å²) in [6.45, 7) is 3.96. The number of hydrogen-bond donors (Lipinski definition) is 1. The van der Waals surface area contributed by atoms with Gasteiger partial charge in [-0.25, -0.2) is 0 Å². The maximum Gasteiger partial charge on any atom is 0.274 e. The summed E-state index contributed by atoms with van der Waals surface area (Å²) in [5.74, 6) is 1.05. The van der Waals surface area contributed by atoms with Gasteiger partial charge in [-0.15, -0.1) is 0 Å². The predicted molar refractivity (Wildman–Crippen MR) is 79.5 cm³/mol. The molecule has 0 amide bonds. The van der Waals surface area contributed by atoms with Crippen LogP contribution in [0.15, 0.2) is 16.6 Å². The van der Waals surface area contributed by atoms with E-state index in [0.717, 1.165) is 22.3 Å². The van der Waals surface area contributed by atoms with Crippen molar-refractivity contribution in [1.29, 1.82) is 0 Å². The number of nitrogens with zero attached hydrogens (tertiary/aromatic N) is 1. The summed E-state index contributed by atoms with van der Waals surface area (Å²) in [5.41, 5.74) is 1.65. The minimum Gasteiger partial charge on any atom is -0.380 e. The summed E-state index contributed by atoms with van der Waals surface area (Å²) in [7, 11) is 0. The third-order valence-corrected chi connectivity index (χ3v) is 5.05. The standard InChI is InChI=1S/C12H15BrN2O2S/c1-7-3-10(13)11(5-12(7)15(16)17)14-9-4-8(2)18-6-9/h3,5,8-9,14H,4,6H2,1-2H3. The molecule has 6 heteroatoms. The number of hydrogen-bond acceptors (Lipinski definition) is 4. The van der Waals surface area contributed by atoms with Crippen LogP contribution >= 0.6 is 27.7 Å². The molecule has 18 heavy (non-hydrogen) atoms. The molecule has 2 atom stereocenters. The first-order valence-corrected chi connectivity index (χ1v) is 7.64. The summed E-state index contributed by atoms with van der Waals surface area (Å²) in [5, 5.41) is 15.0. The molecule has 4 nitrogen and oxygen atoms in total. The molecular weight excluding hydrogens is 316 g/mol. The van der Waals surface area contributed by atoms with E-state index in [1.807, 2.05) is 11.8 Å². The molecule has 2 rings (SSSR count). The maximum atomic E-state index is 10.9. The summed E-state index contributed by atoms with van der Waals surface area (Å²) in [6, 6.07) is 3.81. The van der Waals surface area contributed by atoms with Crippen LogP contribution in [0.4, 0.5) is 11.4 Å². The van der Waals surface area contributed by atoms with Gasteiger partial charge in [-0.2, -0.15) is 11.8 Å². The largest absolute Gasteiger partial charge is 0.380 e. The molecular formula is C12H15BrN2O2S. The Hall–Kier alpha value is -0.750. The number of nitro groups is 1. The summed E-state index contributed by atoms with van der Waals surface area (Å²) < 4.78 is 0.884. The van der Waals surface area contributed by atoms with E-state index in [0.29, 0.717) is 16.9 Å². The van der Waals surface area contributed by atoms with E-state index in [1.54, 1.807) is 19.1 Å². The van der Waals surface area contributed by atoms with Crippen LogP contribution in [0.25, 0.3) is 0 Å².